The van der Waals surface area contributed by atoms with Crippen LogP contribution in [0.2, 0.25) is 0 Å². The number of aromatic amines is 1. The predicted molar refractivity (Wildman–Crippen MR) is 89.3 cm³/mol. The van der Waals surface area contributed by atoms with Gasteiger partial charge in [-0.3, -0.25) is 9.89 Å². The van der Waals surface area contributed by atoms with Crippen LogP contribution in [0.4, 0.5) is 13.2 Å². The number of amides is 1. The average Bonchev–Trinajstić information content (AvgIpc) is 3.34. The summed E-state index contributed by atoms with van der Waals surface area (Å²) in [5.41, 5.74) is -1.20. The smallest absolute Gasteiger partial charge is 0.432 e. The van der Waals surface area contributed by atoms with Gasteiger partial charge in [-0.2, -0.15) is 22.6 Å². The molecule has 2 saturated heterocycles. The van der Waals surface area contributed by atoms with Crippen LogP contribution in [0, 0.1) is 5.92 Å². The van der Waals surface area contributed by atoms with Crippen LogP contribution in [-0.2, 0) is 21.0 Å². The highest BCUT2D eigenvalue weighted by atomic mass is 32.2. The quantitative estimate of drug-likeness (QED) is 0.821. The Balaban J connectivity index is 1.56. The van der Waals surface area contributed by atoms with Gasteiger partial charge in [0.1, 0.15) is 11.4 Å². The Morgan fingerprint density at radius 2 is 2.07 bits per heavy atom. The summed E-state index contributed by atoms with van der Waals surface area (Å²) in [6.07, 6.45) is -3.62. The molecule has 2 fully saturated rings. The van der Waals surface area contributed by atoms with Gasteiger partial charge in [0.25, 0.3) is 10.0 Å². The minimum Gasteiger partial charge on any atom is -0.442 e. The van der Waals surface area contributed by atoms with E-state index < -0.39 is 21.9 Å². The van der Waals surface area contributed by atoms with E-state index in [1.54, 1.807) is 11.9 Å². The third kappa shape index (κ3) is 3.09. The van der Waals surface area contributed by atoms with Crippen LogP contribution in [-0.4, -0.2) is 59.9 Å². The predicted octanol–water partition coefficient (Wildman–Crippen LogP) is 1.93. The lowest BCUT2D eigenvalue weighted by Crippen LogP contribution is -2.49. The van der Waals surface area contributed by atoms with Gasteiger partial charge in [-0.1, -0.05) is 0 Å². The molecule has 0 spiro atoms. The summed E-state index contributed by atoms with van der Waals surface area (Å²) in [5, 5.41) is 5.02. The monoisotopic (exact) mass is 418 g/mol. The van der Waals surface area contributed by atoms with Gasteiger partial charge in [0, 0.05) is 32.6 Å². The molecule has 2 aromatic rings. The maximum Gasteiger partial charge on any atom is 0.432 e. The number of halogens is 3. The first-order chi connectivity index (χ1) is 13.1. The van der Waals surface area contributed by atoms with Crippen molar-refractivity contribution in [3.63, 3.8) is 0 Å². The SMILES string of the molecule is CN1C(=O)C[C@H]2CCN(S(=O)(=O)c3ccc(-c4cc(C(F)(F)F)[nH]n4)o3)C[C@H]21. The molecule has 0 aliphatic carbocycles. The number of H-pyrrole nitrogens is 1. The minimum absolute atomic E-state index is 0.00599. The first-order valence-electron chi connectivity index (χ1n) is 8.56. The normalized spacial score (nSPS) is 24.0. The van der Waals surface area contributed by atoms with Gasteiger partial charge in [-0.25, -0.2) is 8.42 Å². The van der Waals surface area contributed by atoms with E-state index in [1.165, 1.54) is 16.4 Å². The number of rotatable bonds is 3. The van der Waals surface area contributed by atoms with E-state index in [2.05, 4.69) is 5.10 Å². The molecule has 2 aromatic heterocycles. The molecule has 2 aliphatic heterocycles. The highest BCUT2D eigenvalue weighted by Gasteiger charge is 2.44. The van der Waals surface area contributed by atoms with Gasteiger partial charge in [0.15, 0.2) is 5.76 Å². The van der Waals surface area contributed by atoms with Crippen molar-refractivity contribution in [2.75, 3.05) is 20.1 Å². The molecule has 2 aliphatic rings. The number of sulfonamides is 1. The third-order valence-corrected chi connectivity index (χ3v) is 7.06. The summed E-state index contributed by atoms with van der Waals surface area (Å²) in [6.45, 7) is 0.410. The minimum atomic E-state index is -4.60. The van der Waals surface area contributed by atoms with Crippen LogP contribution in [0.15, 0.2) is 27.7 Å². The number of carbonyl (C=O) groups is 1. The lowest BCUT2D eigenvalue weighted by molar-refractivity contribution is -0.141. The van der Waals surface area contributed by atoms with E-state index in [0.717, 1.165) is 6.07 Å². The Morgan fingerprint density at radius 3 is 2.75 bits per heavy atom. The van der Waals surface area contributed by atoms with Crippen LogP contribution in [0.25, 0.3) is 11.5 Å². The van der Waals surface area contributed by atoms with Crippen LogP contribution < -0.4 is 0 Å². The number of alkyl halides is 3. The molecule has 0 radical (unpaired) electrons. The lowest BCUT2D eigenvalue weighted by Gasteiger charge is -2.35. The first kappa shape index (κ1) is 19.0. The summed E-state index contributed by atoms with van der Waals surface area (Å²) < 4.78 is 70.4. The molecule has 12 heteroatoms. The summed E-state index contributed by atoms with van der Waals surface area (Å²) >= 11 is 0. The van der Waals surface area contributed by atoms with E-state index >= 15 is 0 Å². The van der Waals surface area contributed by atoms with Gasteiger partial charge in [-0.05, 0) is 30.5 Å². The molecule has 0 aromatic carbocycles. The van der Waals surface area contributed by atoms with Crippen molar-refractivity contribution in [3.05, 3.63) is 23.9 Å². The van der Waals surface area contributed by atoms with Gasteiger partial charge >= 0.3 is 6.18 Å². The van der Waals surface area contributed by atoms with Gasteiger partial charge in [0.2, 0.25) is 11.0 Å². The standard InChI is InChI=1S/C16H17F3N4O4S/c1-22-11-8-23(5-4-9(11)6-14(22)24)28(25,26)15-3-2-12(27-15)10-7-13(21-20-10)16(17,18)19/h2-3,7,9,11H,4-6,8H2,1H3,(H,20,21)/t9-,11-/m1/s1. The van der Waals surface area contributed by atoms with Gasteiger partial charge in [-0.15, -0.1) is 0 Å². The fraction of sp³-hybridized carbons (Fsp3) is 0.500. The third-order valence-electron chi connectivity index (χ3n) is 5.32. The molecule has 0 bridgehead atoms. The Morgan fingerprint density at radius 1 is 1.32 bits per heavy atom. The van der Waals surface area contributed by atoms with Gasteiger partial charge in [0.05, 0.1) is 0 Å². The highest BCUT2D eigenvalue weighted by Crippen LogP contribution is 2.35. The molecule has 8 nitrogen and oxygen atoms in total. The second-order valence-electron chi connectivity index (χ2n) is 6.97. The Hall–Kier alpha value is -2.34. The summed E-state index contributed by atoms with van der Waals surface area (Å²) in [5.74, 6) is 0.0304. The van der Waals surface area contributed by atoms with Crippen molar-refractivity contribution in [2.24, 2.45) is 5.92 Å². The Kier molecular flexibility index (Phi) is 4.30. The summed E-state index contributed by atoms with van der Waals surface area (Å²) in [6, 6.07) is 3.02. The van der Waals surface area contributed by atoms with Crippen molar-refractivity contribution in [3.8, 4) is 11.5 Å². The fourth-order valence-corrected chi connectivity index (χ4v) is 5.10. The average molecular weight is 418 g/mol. The highest BCUT2D eigenvalue weighted by molar-refractivity contribution is 7.89. The first-order valence-corrected chi connectivity index (χ1v) is 10.00. The topological polar surface area (TPSA) is 99.5 Å². The number of likely N-dealkylation sites (N-methyl/N-ethyl adjacent to an activating group) is 1. The molecule has 28 heavy (non-hydrogen) atoms. The van der Waals surface area contributed by atoms with Crippen molar-refractivity contribution in [1.82, 2.24) is 19.4 Å². The Labute approximate surface area is 158 Å². The second-order valence-corrected chi connectivity index (χ2v) is 8.84. The molecule has 4 rings (SSSR count). The summed E-state index contributed by atoms with van der Waals surface area (Å²) in [7, 11) is -2.33. The molecule has 2 atom stereocenters. The van der Waals surface area contributed by atoms with E-state index in [9.17, 15) is 26.4 Å². The number of likely N-dealkylation sites (tertiary alicyclic amines) is 1. The zero-order valence-electron chi connectivity index (χ0n) is 14.7. The fourth-order valence-electron chi connectivity index (χ4n) is 3.72. The maximum absolute atomic E-state index is 12.9. The zero-order chi connectivity index (χ0) is 20.3. The van der Waals surface area contributed by atoms with Crippen LogP contribution >= 0.6 is 0 Å². The molecule has 0 unspecified atom stereocenters. The number of hydrogen-bond donors (Lipinski definition) is 1. The second kappa shape index (κ2) is 6.34. The molecule has 152 valence electrons. The number of hydrogen-bond acceptors (Lipinski definition) is 5. The lowest BCUT2D eigenvalue weighted by atomic mass is 9.93. The number of nitrogens with zero attached hydrogens (tertiary/aromatic N) is 3. The van der Waals surface area contributed by atoms with Crippen LogP contribution in [0.5, 0.6) is 0 Å². The number of fused-ring (bicyclic) bond motifs is 1. The largest absolute Gasteiger partial charge is 0.442 e. The number of nitrogens with one attached hydrogen (secondary N) is 1. The van der Waals surface area contributed by atoms with E-state index in [-0.39, 0.29) is 47.5 Å². The molecule has 4 heterocycles. The van der Waals surface area contributed by atoms with Crippen molar-refractivity contribution in [1.29, 1.82) is 0 Å². The van der Waals surface area contributed by atoms with E-state index in [0.29, 0.717) is 12.8 Å². The molecular formula is C16H17F3N4O4S. The van der Waals surface area contributed by atoms with Gasteiger partial charge < -0.3 is 9.32 Å². The van der Waals surface area contributed by atoms with E-state index in [4.69, 9.17) is 4.42 Å². The summed E-state index contributed by atoms with van der Waals surface area (Å²) in [4.78, 5) is 13.4. The van der Waals surface area contributed by atoms with Crippen molar-refractivity contribution < 1.29 is 30.8 Å². The van der Waals surface area contributed by atoms with Crippen LogP contribution in [0.1, 0.15) is 18.5 Å². The maximum atomic E-state index is 12.9. The number of furan rings is 1. The molecule has 1 N–H and O–H groups in total. The molecular weight excluding hydrogens is 401 g/mol. The van der Waals surface area contributed by atoms with Crippen molar-refractivity contribution >= 4 is 15.9 Å². The van der Waals surface area contributed by atoms with E-state index in [1.807, 2.05) is 5.10 Å². The number of carbonyl (C=O) groups excluding carboxylic acids is 1. The number of piperidine rings is 1. The molecule has 0 saturated carbocycles. The number of aromatic nitrogens is 2. The molecule has 1 amide bonds. The zero-order valence-corrected chi connectivity index (χ0v) is 15.5. The van der Waals surface area contributed by atoms with Crippen LogP contribution in [0.3, 0.4) is 0 Å². The Bertz CT molecular complexity index is 1010. The van der Waals surface area contributed by atoms with Crippen molar-refractivity contribution in [2.45, 2.75) is 30.2 Å².